The zero-order valence-corrected chi connectivity index (χ0v) is 11.8. The zero-order chi connectivity index (χ0) is 9.40. The molecular formula is C8H15NaO2S2. The number of carboxylic acid groups (broad SMARTS) is 1. The summed E-state index contributed by atoms with van der Waals surface area (Å²) in [6.07, 6.45) is 3.73. The summed E-state index contributed by atoms with van der Waals surface area (Å²) in [7, 11) is 0. The van der Waals surface area contributed by atoms with Crippen molar-refractivity contribution in [1.82, 2.24) is 0 Å². The molecule has 0 aromatic rings. The first-order chi connectivity index (χ1) is 5.66. The molecular weight excluding hydrogens is 215 g/mol. The molecule has 0 N–H and O–H groups in total. The predicted octanol–water partition coefficient (Wildman–Crippen LogP) is -2.08. The molecule has 0 bridgehead atoms. The van der Waals surface area contributed by atoms with Gasteiger partial charge in [-0.1, -0.05) is 6.42 Å². The molecule has 2 nitrogen and oxygen atoms in total. The summed E-state index contributed by atoms with van der Waals surface area (Å²) < 4.78 is 0. The Morgan fingerprint density at radius 3 is 2.38 bits per heavy atom. The molecule has 5 heteroatoms. The quantitative estimate of drug-likeness (QED) is 0.299. The Labute approximate surface area is 113 Å². The van der Waals surface area contributed by atoms with E-state index in [1.54, 1.807) is 0 Å². The van der Waals surface area contributed by atoms with Gasteiger partial charge < -0.3 is 9.90 Å². The van der Waals surface area contributed by atoms with Crippen LogP contribution < -0.4 is 34.7 Å². The monoisotopic (exact) mass is 230 g/mol. The fourth-order valence-electron chi connectivity index (χ4n) is 0.943. The Morgan fingerprint density at radius 1 is 1.31 bits per heavy atom. The molecule has 0 unspecified atom stereocenters. The fraction of sp³-hybridized carbons (Fsp3) is 0.875. The van der Waals surface area contributed by atoms with Crippen molar-refractivity contribution in [3.05, 3.63) is 0 Å². The number of carbonyl (C=O) groups excluding carboxylic acids is 1. The molecule has 0 saturated heterocycles. The van der Waals surface area contributed by atoms with Crippen LogP contribution in [-0.2, 0) is 4.79 Å². The summed E-state index contributed by atoms with van der Waals surface area (Å²) in [6, 6.07) is 0. The SMILES string of the molecule is O=C([O-])CCCC[C@@H](S)CCS.[Na+]. The van der Waals surface area contributed by atoms with E-state index >= 15 is 0 Å². The summed E-state index contributed by atoms with van der Waals surface area (Å²) in [5.74, 6) is -0.116. The van der Waals surface area contributed by atoms with Gasteiger partial charge in [0.2, 0.25) is 0 Å². The largest absolute Gasteiger partial charge is 1.00 e. The van der Waals surface area contributed by atoms with Crippen LogP contribution in [0.2, 0.25) is 0 Å². The summed E-state index contributed by atoms with van der Waals surface area (Å²) in [4.78, 5) is 10.0. The summed E-state index contributed by atoms with van der Waals surface area (Å²) in [6.45, 7) is 0. The Kier molecular flexibility index (Phi) is 14.4. The molecule has 0 radical (unpaired) electrons. The number of aliphatic carboxylic acids is 1. The van der Waals surface area contributed by atoms with Crippen LogP contribution in [-0.4, -0.2) is 17.0 Å². The van der Waals surface area contributed by atoms with E-state index in [4.69, 9.17) is 0 Å². The van der Waals surface area contributed by atoms with Crippen LogP contribution in [0.15, 0.2) is 0 Å². The number of carboxylic acids is 1. The van der Waals surface area contributed by atoms with Crippen LogP contribution in [0.1, 0.15) is 32.1 Å². The molecule has 0 aliphatic carbocycles. The van der Waals surface area contributed by atoms with Gasteiger partial charge >= 0.3 is 29.6 Å². The molecule has 0 fully saturated rings. The Hall–Kier alpha value is 1.17. The zero-order valence-electron chi connectivity index (χ0n) is 8.03. The van der Waals surface area contributed by atoms with Crippen molar-refractivity contribution in [3.63, 3.8) is 0 Å². The molecule has 0 heterocycles. The van der Waals surface area contributed by atoms with E-state index in [1.807, 2.05) is 0 Å². The molecule has 0 aliphatic heterocycles. The van der Waals surface area contributed by atoms with Crippen molar-refractivity contribution in [2.75, 3.05) is 5.75 Å². The molecule has 0 rings (SSSR count). The molecule has 72 valence electrons. The Morgan fingerprint density at radius 2 is 1.92 bits per heavy atom. The van der Waals surface area contributed by atoms with Gasteiger partial charge in [-0.15, -0.1) is 0 Å². The van der Waals surface area contributed by atoms with Crippen molar-refractivity contribution in [1.29, 1.82) is 0 Å². The van der Waals surface area contributed by atoms with Crippen molar-refractivity contribution in [2.45, 2.75) is 37.4 Å². The summed E-state index contributed by atoms with van der Waals surface area (Å²) >= 11 is 8.41. The second-order valence-electron chi connectivity index (χ2n) is 2.78. The fourth-order valence-corrected chi connectivity index (χ4v) is 1.77. The number of rotatable bonds is 7. The van der Waals surface area contributed by atoms with Crippen LogP contribution in [0.3, 0.4) is 0 Å². The number of hydrogen-bond donors (Lipinski definition) is 2. The van der Waals surface area contributed by atoms with Crippen LogP contribution >= 0.6 is 25.3 Å². The minimum atomic E-state index is -0.958. The van der Waals surface area contributed by atoms with Gasteiger partial charge in [0.15, 0.2) is 0 Å². The maximum atomic E-state index is 10.0. The smallest absolute Gasteiger partial charge is 0.550 e. The van der Waals surface area contributed by atoms with Crippen molar-refractivity contribution < 1.29 is 39.5 Å². The van der Waals surface area contributed by atoms with Crippen LogP contribution in [0, 0.1) is 0 Å². The first kappa shape index (κ1) is 16.6. The van der Waals surface area contributed by atoms with Gasteiger partial charge in [-0.3, -0.25) is 0 Å². The third-order valence-corrected chi connectivity index (χ3v) is 2.41. The first-order valence-electron chi connectivity index (χ1n) is 4.15. The number of thiol groups is 2. The third-order valence-electron chi connectivity index (χ3n) is 1.63. The third kappa shape index (κ3) is 13.2. The summed E-state index contributed by atoms with van der Waals surface area (Å²) in [5, 5.41) is 10.4. The van der Waals surface area contributed by atoms with Crippen LogP contribution in [0.5, 0.6) is 0 Å². The van der Waals surface area contributed by atoms with E-state index in [0.717, 1.165) is 25.0 Å². The molecule has 0 saturated carbocycles. The van der Waals surface area contributed by atoms with Gasteiger partial charge in [0.05, 0.1) is 0 Å². The van der Waals surface area contributed by atoms with E-state index in [1.165, 1.54) is 0 Å². The molecule has 0 spiro atoms. The topological polar surface area (TPSA) is 40.1 Å². The first-order valence-corrected chi connectivity index (χ1v) is 5.30. The van der Waals surface area contributed by atoms with Gasteiger partial charge in [0.1, 0.15) is 0 Å². The predicted molar refractivity (Wildman–Crippen MR) is 54.7 cm³/mol. The second-order valence-corrected chi connectivity index (χ2v) is 3.96. The van der Waals surface area contributed by atoms with Crippen molar-refractivity contribution >= 4 is 31.2 Å². The normalized spacial score (nSPS) is 11.8. The minimum Gasteiger partial charge on any atom is -0.550 e. The summed E-state index contributed by atoms with van der Waals surface area (Å²) in [5.41, 5.74) is 0. The van der Waals surface area contributed by atoms with E-state index in [0.29, 0.717) is 11.7 Å². The van der Waals surface area contributed by atoms with E-state index < -0.39 is 5.97 Å². The maximum Gasteiger partial charge on any atom is 1.00 e. The van der Waals surface area contributed by atoms with Crippen LogP contribution in [0.25, 0.3) is 0 Å². The Bertz CT molecular complexity index is 133. The number of carbonyl (C=O) groups is 1. The Balaban J connectivity index is 0. The van der Waals surface area contributed by atoms with Gasteiger partial charge in [-0.2, -0.15) is 25.3 Å². The minimum absolute atomic E-state index is 0. The molecule has 13 heavy (non-hydrogen) atoms. The molecule has 0 aliphatic rings. The van der Waals surface area contributed by atoms with E-state index in [2.05, 4.69) is 25.3 Å². The molecule has 0 amide bonds. The van der Waals surface area contributed by atoms with Crippen molar-refractivity contribution in [3.8, 4) is 0 Å². The average Bonchev–Trinajstić information content (AvgIpc) is 1.98. The van der Waals surface area contributed by atoms with Crippen LogP contribution in [0.4, 0.5) is 0 Å². The second kappa shape index (κ2) is 11.2. The molecule has 1 atom stereocenters. The number of hydrogen-bond acceptors (Lipinski definition) is 4. The van der Waals surface area contributed by atoms with Gasteiger partial charge in [0, 0.05) is 11.2 Å². The maximum absolute atomic E-state index is 10.0. The number of unbranched alkanes of at least 4 members (excludes halogenated alkanes) is 1. The average molecular weight is 230 g/mol. The van der Waals surface area contributed by atoms with Gasteiger partial charge in [-0.05, 0) is 31.4 Å². The van der Waals surface area contributed by atoms with Crippen molar-refractivity contribution in [2.24, 2.45) is 0 Å². The molecule has 0 aromatic heterocycles. The molecule has 0 aromatic carbocycles. The van der Waals surface area contributed by atoms with Gasteiger partial charge in [-0.25, -0.2) is 0 Å². The van der Waals surface area contributed by atoms with E-state index in [9.17, 15) is 9.90 Å². The van der Waals surface area contributed by atoms with E-state index in [-0.39, 0.29) is 36.0 Å². The standard InChI is InChI=1S/C8H16O2S2.Na/c9-8(10)4-2-1-3-7(12)5-6-11;/h7,11-12H,1-6H2,(H,9,10);/q;+1/p-1/t7-;/m1./s1. The van der Waals surface area contributed by atoms with Gasteiger partial charge in [0.25, 0.3) is 0 Å².